The highest BCUT2D eigenvalue weighted by molar-refractivity contribution is 5.97. The topological polar surface area (TPSA) is 64.2 Å². The van der Waals surface area contributed by atoms with Crippen LogP contribution in [0.25, 0.3) is 0 Å². The largest absolute Gasteiger partial charge is 0.347 e. The Morgan fingerprint density at radius 3 is 2.22 bits per heavy atom. The van der Waals surface area contributed by atoms with Crippen molar-refractivity contribution >= 4 is 23.4 Å². The van der Waals surface area contributed by atoms with Crippen LogP contribution in [0.3, 0.4) is 0 Å². The van der Waals surface area contributed by atoms with Gasteiger partial charge >= 0.3 is 0 Å². The van der Waals surface area contributed by atoms with Gasteiger partial charge in [0.1, 0.15) is 12.1 Å². The summed E-state index contributed by atoms with van der Waals surface area (Å²) in [6, 6.07) is 17.9. The minimum Gasteiger partial charge on any atom is -0.347 e. The van der Waals surface area contributed by atoms with E-state index < -0.39 is 5.54 Å². The molecule has 2 aliphatic heterocycles. The molecule has 0 radical (unpaired) electrons. The van der Waals surface area contributed by atoms with Crippen LogP contribution < -0.4 is 4.90 Å². The first-order chi connectivity index (χ1) is 17.9. The zero-order valence-electron chi connectivity index (χ0n) is 22.5. The van der Waals surface area contributed by atoms with Crippen molar-refractivity contribution in [1.82, 2.24) is 14.7 Å². The second-order valence-electron chi connectivity index (χ2n) is 10.5. The summed E-state index contributed by atoms with van der Waals surface area (Å²) in [5, 5.41) is 0. The van der Waals surface area contributed by atoms with Gasteiger partial charge in [0.05, 0.1) is 6.67 Å². The first-order valence-electron chi connectivity index (χ1n) is 13.6. The molecule has 0 N–H and O–H groups in total. The summed E-state index contributed by atoms with van der Waals surface area (Å²) in [7, 11) is 3.41. The molecule has 0 aliphatic carbocycles. The number of hydrogen-bond donors (Lipinski definition) is 0. The monoisotopic (exact) mass is 504 g/mol. The summed E-state index contributed by atoms with van der Waals surface area (Å²) in [4.78, 5) is 46.6. The van der Waals surface area contributed by atoms with Gasteiger partial charge in [0, 0.05) is 38.4 Å². The van der Waals surface area contributed by atoms with Crippen LogP contribution in [-0.4, -0.2) is 78.4 Å². The summed E-state index contributed by atoms with van der Waals surface area (Å²) in [6.07, 6.45) is 7.03. The average Bonchev–Trinajstić information content (AvgIpc) is 3.18. The first kappa shape index (κ1) is 26.7. The van der Waals surface area contributed by atoms with Gasteiger partial charge in [-0.15, -0.1) is 0 Å². The molecule has 37 heavy (non-hydrogen) atoms. The lowest BCUT2D eigenvalue weighted by Crippen LogP contribution is -2.57. The molecule has 3 amide bonds. The van der Waals surface area contributed by atoms with E-state index in [1.165, 1.54) is 36.1 Å². The number of amides is 3. The summed E-state index contributed by atoms with van der Waals surface area (Å²) in [5.41, 5.74) is 2.19. The van der Waals surface area contributed by atoms with E-state index in [2.05, 4.69) is 24.0 Å². The standard InChI is InChI=1S/C30H40N4O3/c1-4-5-6-8-11-24-14-16-25(17-15-24)28(36)32-20-18-30(19-21-32)29(37)33(22-27(35)31(2)3)23-34(30)26-12-9-7-10-13-26/h7,9-10,12-17H,4-6,8,11,18-23H2,1-3H3. The molecule has 0 unspecified atom stereocenters. The molecule has 0 aromatic heterocycles. The molecule has 2 saturated heterocycles. The van der Waals surface area contributed by atoms with Gasteiger partial charge in [-0.05, 0) is 55.5 Å². The van der Waals surface area contributed by atoms with Gasteiger partial charge in [-0.25, -0.2) is 0 Å². The number of para-hydroxylation sites is 1. The van der Waals surface area contributed by atoms with Gasteiger partial charge < -0.3 is 19.6 Å². The van der Waals surface area contributed by atoms with E-state index in [1.807, 2.05) is 47.4 Å². The van der Waals surface area contributed by atoms with Crippen LogP contribution in [0.5, 0.6) is 0 Å². The molecule has 198 valence electrons. The van der Waals surface area contributed by atoms with Gasteiger partial charge in [-0.3, -0.25) is 14.4 Å². The number of carbonyl (C=O) groups excluding carboxylic acids is 3. The molecular formula is C30H40N4O3. The van der Waals surface area contributed by atoms with Crippen LogP contribution in [0.15, 0.2) is 54.6 Å². The van der Waals surface area contributed by atoms with Crippen LogP contribution in [-0.2, 0) is 16.0 Å². The van der Waals surface area contributed by atoms with Crippen LogP contribution in [0.4, 0.5) is 5.69 Å². The zero-order valence-corrected chi connectivity index (χ0v) is 22.5. The average molecular weight is 505 g/mol. The number of nitrogens with zero attached hydrogens (tertiary/aromatic N) is 4. The fraction of sp³-hybridized carbons (Fsp3) is 0.500. The van der Waals surface area contributed by atoms with Crippen molar-refractivity contribution < 1.29 is 14.4 Å². The maximum atomic E-state index is 13.7. The Bertz CT molecular complexity index is 1080. The lowest BCUT2D eigenvalue weighted by Gasteiger charge is -2.43. The first-order valence-corrected chi connectivity index (χ1v) is 13.6. The van der Waals surface area contributed by atoms with E-state index in [-0.39, 0.29) is 24.3 Å². The van der Waals surface area contributed by atoms with E-state index in [9.17, 15) is 14.4 Å². The lowest BCUT2D eigenvalue weighted by molar-refractivity contribution is -0.139. The quantitative estimate of drug-likeness (QED) is 0.481. The van der Waals surface area contributed by atoms with Crippen molar-refractivity contribution in [1.29, 1.82) is 0 Å². The summed E-state index contributed by atoms with van der Waals surface area (Å²) < 4.78 is 0. The number of rotatable bonds is 9. The molecule has 2 aromatic rings. The molecule has 7 heteroatoms. The second-order valence-corrected chi connectivity index (χ2v) is 10.5. The molecule has 0 bridgehead atoms. The maximum Gasteiger partial charge on any atom is 0.253 e. The van der Waals surface area contributed by atoms with Gasteiger partial charge in [0.15, 0.2) is 0 Å². The van der Waals surface area contributed by atoms with E-state index in [0.717, 1.165) is 12.1 Å². The Hall–Kier alpha value is -3.35. The lowest BCUT2D eigenvalue weighted by atomic mass is 9.85. The highest BCUT2D eigenvalue weighted by atomic mass is 16.2. The number of anilines is 1. The van der Waals surface area contributed by atoms with E-state index in [1.54, 1.807) is 19.0 Å². The Morgan fingerprint density at radius 2 is 1.59 bits per heavy atom. The summed E-state index contributed by atoms with van der Waals surface area (Å²) in [5.74, 6) is -0.102. The van der Waals surface area contributed by atoms with Gasteiger partial charge in [0.2, 0.25) is 5.91 Å². The molecule has 0 atom stereocenters. The van der Waals surface area contributed by atoms with Crippen molar-refractivity contribution in [3.05, 3.63) is 65.7 Å². The molecule has 7 nitrogen and oxygen atoms in total. The third kappa shape index (κ3) is 5.81. The molecular weight excluding hydrogens is 464 g/mol. The number of hydrogen-bond acceptors (Lipinski definition) is 4. The fourth-order valence-electron chi connectivity index (χ4n) is 5.46. The zero-order chi connectivity index (χ0) is 26.4. The summed E-state index contributed by atoms with van der Waals surface area (Å²) in [6.45, 7) is 3.65. The molecule has 2 fully saturated rings. The summed E-state index contributed by atoms with van der Waals surface area (Å²) >= 11 is 0. The number of carbonyl (C=O) groups is 3. The highest BCUT2D eigenvalue weighted by Crippen LogP contribution is 2.39. The normalized spacial score (nSPS) is 16.9. The third-order valence-corrected chi connectivity index (χ3v) is 7.80. The molecule has 4 rings (SSSR count). The number of likely N-dealkylation sites (N-methyl/N-ethyl adjacent to an activating group) is 1. The van der Waals surface area contributed by atoms with Gasteiger partial charge in [-0.1, -0.05) is 56.5 Å². The Kier molecular flexibility index (Phi) is 8.52. The number of unbranched alkanes of at least 4 members (excludes halogenated alkanes) is 3. The van der Waals surface area contributed by atoms with Crippen LogP contribution in [0.1, 0.15) is 61.4 Å². The Balaban J connectivity index is 1.45. The molecule has 2 aromatic carbocycles. The van der Waals surface area contributed by atoms with Crippen molar-refractivity contribution in [2.75, 3.05) is 45.3 Å². The van der Waals surface area contributed by atoms with Crippen molar-refractivity contribution in [3.8, 4) is 0 Å². The minimum atomic E-state index is -0.743. The van der Waals surface area contributed by atoms with Gasteiger partial charge in [0.25, 0.3) is 11.8 Å². The third-order valence-electron chi connectivity index (χ3n) is 7.80. The smallest absolute Gasteiger partial charge is 0.253 e. The predicted molar refractivity (Wildman–Crippen MR) is 146 cm³/mol. The number of piperidine rings is 1. The maximum absolute atomic E-state index is 13.7. The van der Waals surface area contributed by atoms with Crippen molar-refractivity contribution in [2.45, 2.75) is 57.4 Å². The second kappa shape index (κ2) is 11.8. The molecule has 2 heterocycles. The molecule has 1 spiro atoms. The Morgan fingerprint density at radius 1 is 0.919 bits per heavy atom. The minimum absolute atomic E-state index is 0.0173. The molecule has 2 aliphatic rings. The number of aryl methyl sites for hydroxylation is 1. The SMILES string of the molecule is CCCCCCc1ccc(C(=O)N2CCC3(CC2)C(=O)N(CC(=O)N(C)C)CN3c2ccccc2)cc1. The van der Waals surface area contributed by atoms with Crippen LogP contribution >= 0.6 is 0 Å². The van der Waals surface area contributed by atoms with Crippen LogP contribution in [0.2, 0.25) is 0 Å². The highest BCUT2D eigenvalue weighted by Gasteiger charge is 2.54. The predicted octanol–water partition coefficient (Wildman–Crippen LogP) is 4.18. The Labute approximate surface area is 221 Å². The van der Waals surface area contributed by atoms with Crippen molar-refractivity contribution in [3.63, 3.8) is 0 Å². The van der Waals surface area contributed by atoms with Crippen molar-refractivity contribution in [2.24, 2.45) is 0 Å². The van der Waals surface area contributed by atoms with E-state index in [4.69, 9.17) is 0 Å². The number of benzene rings is 2. The molecule has 0 saturated carbocycles. The van der Waals surface area contributed by atoms with E-state index in [0.29, 0.717) is 38.2 Å². The van der Waals surface area contributed by atoms with Crippen LogP contribution in [0, 0.1) is 0 Å². The fourth-order valence-corrected chi connectivity index (χ4v) is 5.46. The number of likely N-dealkylation sites (tertiary alicyclic amines) is 1. The van der Waals surface area contributed by atoms with E-state index >= 15 is 0 Å². The van der Waals surface area contributed by atoms with Gasteiger partial charge in [-0.2, -0.15) is 0 Å².